The van der Waals surface area contributed by atoms with E-state index in [4.69, 9.17) is 9.15 Å². The molecule has 0 radical (unpaired) electrons. The molecule has 24 heavy (non-hydrogen) atoms. The van der Waals surface area contributed by atoms with Crippen LogP contribution in [-0.4, -0.2) is 43.2 Å². The van der Waals surface area contributed by atoms with Crippen molar-refractivity contribution in [3.63, 3.8) is 0 Å². The molecule has 4 rings (SSSR count). The van der Waals surface area contributed by atoms with Crippen molar-refractivity contribution in [3.8, 4) is 5.75 Å². The number of piperazine rings is 1. The summed E-state index contributed by atoms with van der Waals surface area (Å²) in [7, 11) is 1.73. The minimum absolute atomic E-state index is 0.829. The molecule has 0 atom stereocenters. The molecule has 0 unspecified atom stereocenters. The first-order chi connectivity index (χ1) is 11.8. The summed E-state index contributed by atoms with van der Waals surface area (Å²) in [5.74, 6) is 1.92. The van der Waals surface area contributed by atoms with Gasteiger partial charge >= 0.3 is 0 Å². The zero-order valence-corrected chi connectivity index (χ0v) is 13.8. The number of rotatable bonds is 4. The predicted octanol–water partition coefficient (Wildman–Crippen LogP) is 3.16. The van der Waals surface area contributed by atoms with Crippen LogP contribution in [0.15, 0.2) is 53.1 Å². The van der Waals surface area contributed by atoms with Gasteiger partial charge in [-0.3, -0.25) is 9.88 Å². The molecule has 124 valence electrons. The van der Waals surface area contributed by atoms with Crippen molar-refractivity contribution < 1.29 is 9.15 Å². The molecule has 0 aliphatic carbocycles. The second-order valence-electron chi connectivity index (χ2n) is 6.03. The minimum atomic E-state index is 0.829. The number of methoxy groups -OCH3 is 1. The number of nitrogens with zero attached hydrogens (tertiary/aromatic N) is 3. The molecule has 0 N–H and O–H groups in total. The number of pyridine rings is 1. The maximum atomic E-state index is 5.88. The zero-order chi connectivity index (χ0) is 16.4. The van der Waals surface area contributed by atoms with E-state index >= 15 is 0 Å². The Kier molecular flexibility index (Phi) is 4.09. The summed E-state index contributed by atoms with van der Waals surface area (Å²) in [6.45, 7) is 4.80. The van der Waals surface area contributed by atoms with Gasteiger partial charge in [0.25, 0.3) is 0 Å². The number of aromatic nitrogens is 1. The van der Waals surface area contributed by atoms with E-state index in [1.165, 1.54) is 5.69 Å². The summed E-state index contributed by atoms with van der Waals surface area (Å²) in [6, 6.07) is 14.1. The molecular formula is C19H21N3O2. The van der Waals surface area contributed by atoms with E-state index in [0.717, 1.165) is 55.3 Å². The van der Waals surface area contributed by atoms with Crippen molar-refractivity contribution in [1.29, 1.82) is 0 Å². The highest BCUT2D eigenvalue weighted by Gasteiger charge is 2.20. The third-order valence-corrected chi connectivity index (χ3v) is 4.52. The number of furan rings is 1. The molecule has 0 spiro atoms. The van der Waals surface area contributed by atoms with Gasteiger partial charge in [-0.05, 0) is 24.3 Å². The Morgan fingerprint density at radius 2 is 1.92 bits per heavy atom. The monoisotopic (exact) mass is 323 g/mol. The van der Waals surface area contributed by atoms with Crippen LogP contribution in [0, 0.1) is 0 Å². The van der Waals surface area contributed by atoms with Gasteiger partial charge in [0.15, 0.2) is 5.58 Å². The molecule has 0 saturated carbocycles. The Morgan fingerprint density at radius 3 is 2.71 bits per heavy atom. The van der Waals surface area contributed by atoms with Gasteiger partial charge in [0.05, 0.1) is 19.3 Å². The number of hydrogen-bond acceptors (Lipinski definition) is 5. The summed E-state index contributed by atoms with van der Waals surface area (Å²) in [4.78, 5) is 9.14. The van der Waals surface area contributed by atoms with Crippen LogP contribution in [0.4, 0.5) is 5.69 Å². The van der Waals surface area contributed by atoms with Crippen LogP contribution in [-0.2, 0) is 6.54 Å². The van der Waals surface area contributed by atoms with Crippen molar-refractivity contribution in [1.82, 2.24) is 9.88 Å². The summed E-state index contributed by atoms with van der Waals surface area (Å²) in [6.07, 6.45) is 1.80. The molecular weight excluding hydrogens is 302 g/mol. The molecule has 3 aromatic rings. The number of fused-ring (bicyclic) bond motifs is 1. The molecule has 0 amide bonds. The number of ether oxygens (including phenoxy) is 1. The highest BCUT2D eigenvalue weighted by Crippen LogP contribution is 2.28. The lowest BCUT2D eigenvalue weighted by Gasteiger charge is -2.36. The molecule has 5 heteroatoms. The maximum Gasteiger partial charge on any atom is 0.152 e. The van der Waals surface area contributed by atoms with Gasteiger partial charge < -0.3 is 14.1 Å². The molecule has 2 aromatic heterocycles. The Bertz CT molecular complexity index is 789. The molecule has 0 bridgehead atoms. The van der Waals surface area contributed by atoms with Gasteiger partial charge in [-0.1, -0.05) is 12.1 Å². The topological polar surface area (TPSA) is 41.7 Å². The Hall–Kier alpha value is -2.53. The smallest absolute Gasteiger partial charge is 0.152 e. The normalized spacial score (nSPS) is 15.8. The van der Waals surface area contributed by atoms with E-state index in [1.807, 2.05) is 30.3 Å². The fourth-order valence-electron chi connectivity index (χ4n) is 3.26. The number of anilines is 1. The van der Waals surface area contributed by atoms with Crippen LogP contribution in [0.3, 0.4) is 0 Å². The summed E-state index contributed by atoms with van der Waals surface area (Å²) < 4.78 is 11.4. The van der Waals surface area contributed by atoms with Crippen LogP contribution < -0.4 is 9.64 Å². The first-order valence-electron chi connectivity index (χ1n) is 8.27. The fraction of sp³-hybridized carbons (Fsp3) is 0.316. The second kappa shape index (κ2) is 6.53. The van der Waals surface area contributed by atoms with Crippen molar-refractivity contribution in [2.75, 3.05) is 38.2 Å². The summed E-state index contributed by atoms with van der Waals surface area (Å²) in [5, 5.41) is 0. The number of hydrogen-bond donors (Lipinski definition) is 0. The standard InChI is InChI=1S/C19H21N3O2/c1-23-19-6-3-2-5-17(19)22-11-9-21(10-12-22)14-15-13-16-18(24-15)7-4-8-20-16/h2-8,13H,9-12,14H2,1H3. The summed E-state index contributed by atoms with van der Waals surface area (Å²) in [5.41, 5.74) is 2.97. The largest absolute Gasteiger partial charge is 0.495 e. The van der Waals surface area contributed by atoms with E-state index in [0.29, 0.717) is 0 Å². The average molecular weight is 323 g/mol. The van der Waals surface area contributed by atoms with Crippen molar-refractivity contribution in [3.05, 3.63) is 54.4 Å². The van der Waals surface area contributed by atoms with Crippen LogP contribution in [0.5, 0.6) is 5.75 Å². The lowest BCUT2D eigenvalue weighted by Crippen LogP contribution is -2.46. The number of para-hydroxylation sites is 2. The molecule has 1 aliphatic heterocycles. The van der Waals surface area contributed by atoms with Gasteiger partial charge in [-0.15, -0.1) is 0 Å². The molecule has 1 saturated heterocycles. The number of benzene rings is 1. The highest BCUT2D eigenvalue weighted by atomic mass is 16.5. The minimum Gasteiger partial charge on any atom is -0.495 e. The van der Waals surface area contributed by atoms with Gasteiger partial charge in [0.2, 0.25) is 0 Å². The Morgan fingerprint density at radius 1 is 1.08 bits per heavy atom. The quantitative estimate of drug-likeness (QED) is 0.738. The van der Waals surface area contributed by atoms with Crippen molar-refractivity contribution in [2.24, 2.45) is 0 Å². The summed E-state index contributed by atoms with van der Waals surface area (Å²) >= 11 is 0. The highest BCUT2D eigenvalue weighted by molar-refractivity contribution is 5.72. The van der Waals surface area contributed by atoms with Crippen LogP contribution in [0.25, 0.3) is 11.1 Å². The third kappa shape index (κ3) is 2.95. The van der Waals surface area contributed by atoms with Crippen LogP contribution in [0.1, 0.15) is 5.76 Å². The van der Waals surface area contributed by atoms with Gasteiger partial charge in [0.1, 0.15) is 17.0 Å². The van der Waals surface area contributed by atoms with Gasteiger partial charge in [0, 0.05) is 38.4 Å². The molecule has 3 heterocycles. The SMILES string of the molecule is COc1ccccc1N1CCN(Cc2cc3ncccc3o2)CC1. The van der Waals surface area contributed by atoms with E-state index in [2.05, 4.69) is 26.9 Å². The molecule has 1 aromatic carbocycles. The third-order valence-electron chi connectivity index (χ3n) is 4.52. The first-order valence-corrected chi connectivity index (χ1v) is 8.27. The van der Waals surface area contributed by atoms with E-state index < -0.39 is 0 Å². The Balaban J connectivity index is 1.41. The Labute approximate surface area is 141 Å². The predicted molar refractivity (Wildman–Crippen MR) is 94.5 cm³/mol. The average Bonchev–Trinajstić information content (AvgIpc) is 3.04. The van der Waals surface area contributed by atoms with Gasteiger partial charge in [-0.2, -0.15) is 0 Å². The van der Waals surface area contributed by atoms with E-state index in [1.54, 1.807) is 13.3 Å². The first kappa shape index (κ1) is 15.0. The fourth-order valence-corrected chi connectivity index (χ4v) is 3.26. The zero-order valence-electron chi connectivity index (χ0n) is 13.8. The van der Waals surface area contributed by atoms with E-state index in [-0.39, 0.29) is 0 Å². The van der Waals surface area contributed by atoms with E-state index in [9.17, 15) is 0 Å². The lowest BCUT2D eigenvalue weighted by atomic mass is 10.2. The maximum absolute atomic E-state index is 5.88. The molecule has 1 fully saturated rings. The van der Waals surface area contributed by atoms with Crippen LogP contribution >= 0.6 is 0 Å². The van der Waals surface area contributed by atoms with Crippen LogP contribution in [0.2, 0.25) is 0 Å². The van der Waals surface area contributed by atoms with Crippen molar-refractivity contribution in [2.45, 2.75) is 6.54 Å². The van der Waals surface area contributed by atoms with Gasteiger partial charge in [-0.25, -0.2) is 0 Å². The lowest BCUT2D eigenvalue weighted by molar-refractivity contribution is 0.232. The molecule has 5 nitrogen and oxygen atoms in total. The molecule has 1 aliphatic rings. The van der Waals surface area contributed by atoms with Crippen molar-refractivity contribution >= 4 is 16.8 Å². The second-order valence-corrected chi connectivity index (χ2v) is 6.03.